The van der Waals surface area contributed by atoms with Crippen LogP contribution in [0, 0.1) is 11.2 Å². The molecular formula is C20H25FN4O4. The van der Waals surface area contributed by atoms with Crippen molar-refractivity contribution in [2.75, 3.05) is 13.6 Å². The van der Waals surface area contributed by atoms with Gasteiger partial charge in [0.15, 0.2) is 0 Å². The maximum Gasteiger partial charge on any atom is 0.303 e. The fourth-order valence-corrected chi connectivity index (χ4v) is 3.66. The van der Waals surface area contributed by atoms with Gasteiger partial charge in [0.25, 0.3) is 0 Å². The molecule has 0 aliphatic carbocycles. The topological polar surface area (TPSA) is 109 Å². The third kappa shape index (κ3) is 5.38. The molecule has 156 valence electrons. The largest absolute Gasteiger partial charge is 0.481 e. The second kappa shape index (κ2) is 8.28. The molecule has 0 bridgehead atoms. The number of amides is 1. The van der Waals surface area contributed by atoms with E-state index in [1.807, 2.05) is 11.9 Å². The third-order valence-corrected chi connectivity index (χ3v) is 5.01. The molecule has 1 aromatic heterocycles. The average molecular weight is 404 g/mol. The highest BCUT2D eigenvalue weighted by molar-refractivity contribution is 5.78. The van der Waals surface area contributed by atoms with Gasteiger partial charge in [0.05, 0.1) is 12.5 Å². The van der Waals surface area contributed by atoms with Crippen molar-refractivity contribution < 1.29 is 23.6 Å². The SMILES string of the molecule is CN1C[C@H](NC(=O)CC(C)(C)CC(=O)O)C[C@H]1c1nc(-c2ccc(F)cc2)no1. The molecule has 9 heteroatoms. The molecule has 0 unspecified atom stereocenters. The number of aliphatic carboxylic acids is 1. The Morgan fingerprint density at radius 2 is 2.00 bits per heavy atom. The Balaban J connectivity index is 1.60. The number of rotatable bonds is 7. The van der Waals surface area contributed by atoms with Gasteiger partial charge in [-0.05, 0) is 43.1 Å². The molecule has 0 radical (unpaired) electrons. The van der Waals surface area contributed by atoms with Crippen molar-refractivity contribution in [3.05, 3.63) is 36.0 Å². The first-order valence-corrected chi connectivity index (χ1v) is 9.44. The van der Waals surface area contributed by atoms with Gasteiger partial charge < -0.3 is 14.9 Å². The fourth-order valence-electron chi connectivity index (χ4n) is 3.66. The van der Waals surface area contributed by atoms with Crippen molar-refractivity contribution in [2.45, 2.75) is 45.2 Å². The summed E-state index contributed by atoms with van der Waals surface area (Å²) in [5.74, 6) is -0.603. The van der Waals surface area contributed by atoms with Gasteiger partial charge in [0, 0.05) is 24.6 Å². The first kappa shape index (κ1) is 20.9. The summed E-state index contributed by atoms with van der Waals surface area (Å²) in [7, 11) is 1.91. The standard InChI is InChI=1S/C20H25FN4O4/c1-20(2,10-17(27)28)9-16(26)22-14-8-15(25(3)11-14)19-23-18(24-29-19)12-4-6-13(21)7-5-12/h4-7,14-15H,8-11H2,1-3H3,(H,22,26)(H,27,28)/t14-,15+/m1/s1. The number of carbonyl (C=O) groups excluding carboxylic acids is 1. The second-order valence-electron chi connectivity index (χ2n) is 8.33. The van der Waals surface area contributed by atoms with E-state index >= 15 is 0 Å². The number of carbonyl (C=O) groups is 2. The minimum Gasteiger partial charge on any atom is -0.481 e. The van der Waals surface area contributed by atoms with E-state index in [0.717, 1.165) is 0 Å². The highest BCUT2D eigenvalue weighted by Crippen LogP contribution is 2.31. The first-order chi connectivity index (χ1) is 13.6. The maximum absolute atomic E-state index is 13.1. The molecule has 1 aromatic carbocycles. The molecule has 1 amide bonds. The van der Waals surface area contributed by atoms with Gasteiger partial charge in [-0.15, -0.1) is 0 Å². The summed E-state index contributed by atoms with van der Waals surface area (Å²) in [5, 5.41) is 15.9. The Hall–Kier alpha value is -2.81. The van der Waals surface area contributed by atoms with Crippen LogP contribution in [0.15, 0.2) is 28.8 Å². The smallest absolute Gasteiger partial charge is 0.303 e. The van der Waals surface area contributed by atoms with E-state index in [1.54, 1.807) is 26.0 Å². The molecule has 2 aromatic rings. The van der Waals surface area contributed by atoms with Gasteiger partial charge in [-0.25, -0.2) is 4.39 Å². The van der Waals surface area contributed by atoms with Crippen molar-refractivity contribution >= 4 is 11.9 Å². The normalized spacial score (nSPS) is 20.0. The summed E-state index contributed by atoms with van der Waals surface area (Å²) in [6, 6.07) is 5.61. The van der Waals surface area contributed by atoms with Crippen LogP contribution in [0.2, 0.25) is 0 Å². The van der Waals surface area contributed by atoms with Gasteiger partial charge in [0.2, 0.25) is 17.6 Å². The molecular weight excluding hydrogens is 379 g/mol. The van der Waals surface area contributed by atoms with Crippen molar-refractivity contribution in [3.63, 3.8) is 0 Å². The van der Waals surface area contributed by atoms with Crippen molar-refractivity contribution in [3.8, 4) is 11.4 Å². The molecule has 1 fully saturated rings. The lowest BCUT2D eigenvalue weighted by Crippen LogP contribution is -2.38. The zero-order valence-electron chi connectivity index (χ0n) is 16.7. The Kier molecular flexibility index (Phi) is 5.97. The number of hydrogen-bond acceptors (Lipinski definition) is 6. The number of benzene rings is 1. The molecule has 1 aliphatic heterocycles. The summed E-state index contributed by atoms with van der Waals surface area (Å²) in [5.41, 5.74) is 0.0451. The Morgan fingerprint density at radius 3 is 2.66 bits per heavy atom. The van der Waals surface area contributed by atoms with E-state index < -0.39 is 11.4 Å². The highest BCUT2D eigenvalue weighted by Gasteiger charge is 2.36. The number of carboxylic acids is 1. The fraction of sp³-hybridized carbons (Fsp3) is 0.500. The summed E-state index contributed by atoms with van der Waals surface area (Å²) < 4.78 is 18.5. The highest BCUT2D eigenvalue weighted by atomic mass is 19.1. The third-order valence-electron chi connectivity index (χ3n) is 5.01. The zero-order chi connectivity index (χ0) is 21.2. The number of likely N-dealkylation sites (tertiary alicyclic amines) is 1. The molecule has 0 spiro atoms. The minimum absolute atomic E-state index is 0.0677. The Labute approximate surface area is 168 Å². The van der Waals surface area contributed by atoms with Crippen LogP contribution < -0.4 is 5.32 Å². The van der Waals surface area contributed by atoms with E-state index in [0.29, 0.717) is 30.2 Å². The second-order valence-corrected chi connectivity index (χ2v) is 8.33. The lowest BCUT2D eigenvalue weighted by atomic mass is 9.85. The number of hydrogen-bond donors (Lipinski definition) is 2. The van der Waals surface area contributed by atoms with Crippen molar-refractivity contribution in [1.29, 1.82) is 0 Å². The zero-order valence-corrected chi connectivity index (χ0v) is 16.7. The van der Waals surface area contributed by atoms with Crippen LogP contribution in [-0.4, -0.2) is 51.7 Å². The summed E-state index contributed by atoms with van der Waals surface area (Å²) >= 11 is 0. The van der Waals surface area contributed by atoms with Crippen LogP contribution in [0.3, 0.4) is 0 Å². The lowest BCUT2D eigenvalue weighted by molar-refractivity contribution is -0.139. The number of halogens is 1. The number of aromatic nitrogens is 2. The number of nitrogens with zero attached hydrogens (tertiary/aromatic N) is 3. The lowest BCUT2D eigenvalue weighted by Gasteiger charge is -2.22. The molecule has 2 heterocycles. The van der Waals surface area contributed by atoms with E-state index in [9.17, 15) is 14.0 Å². The van der Waals surface area contributed by atoms with Gasteiger partial charge in [-0.2, -0.15) is 4.98 Å². The molecule has 29 heavy (non-hydrogen) atoms. The predicted octanol–water partition coefficient (Wildman–Crippen LogP) is 2.63. The van der Waals surface area contributed by atoms with E-state index in [1.165, 1.54) is 12.1 Å². The van der Waals surface area contributed by atoms with Crippen LogP contribution >= 0.6 is 0 Å². The monoisotopic (exact) mass is 404 g/mol. The number of likely N-dealkylation sites (N-methyl/N-ethyl adjacent to an activating group) is 1. The average Bonchev–Trinajstić information content (AvgIpc) is 3.20. The van der Waals surface area contributed by atoms with Crippen LogP contribution in [0.5, 0.6) is 0 Å². The Morgan fingerprint density at radius 1 is 1.31 bits per heavy atom. The van der Waals surface area contributed by atoms with Crippen LogP contribution in [0.4, 0.5) is 4.39 Å². The molecule has 2 atom stereocenters. The first-order valence-electron chi connectivity index (χ1n) is 9.44. The predicted molar refractivity (Wildman–Crippen MR) is 102 cm³/mol. The van der Waals surface area contributed by atoms with Gasteiger partial charge in [-0.3, -0.25) is 14.5 Å². The molecule has 0 saturated carbocycles. The summed E-state index contributed by atoms with van der Waals surface area (Å²) in [6.45, 7) is 4.14. The number of carboxylic acid groups (broad SMARTS) is 1. The van der Waals surface area contributed by atoms with Crippen LogP contribution in [0.25, 0.3) is 11.4 Å². The molecule has 1 saturated heterocycles. The van der Waals surface area contributed by atoms with Gasteiger partial charge >= 0.3 is 5.97 Å². The summed E-state index contributed by atoms with van der Waals surface area (Å²) in [4.78, 5) is 29.7. The van der Waals surface area contributed by atoms with Crippen molar-refractivity contribution in [2.24, 2.45) is 5.41 Å². The summed E-state index contributed by atoms with van der Waals surface area (Å²) in [6.07, 6.45) is 0.674. The quantitative estimate of drug-likeness (QED) is 0.730. The minimum atomic E-state index is -0.920. The Bertz CT molecular complexity index is 881. The van der Waals surface area contributed by atoms with Crippen LogP contribution in [0.1, 0.15) is 45.0 Å². The van der Waals surface area contributed by atoms with Gasteiger partial charge in [0.1, 0.15) is 5.82 Å². The molecule has 1 aliphatic rings. The van der Waals surface area contributed by atoms with Gasteiger partial charge in [-0.1, -0.05) is 19.0 Å². The number of nitrogens with one attached hydrogen (secondary N) is 1. The van der Waals surface area contributed by atoms with Crippen LogP contribution in [-0.2, 0) is 9.59 Å². The molecule has 2 N–H and O–H groups in total. The van der Waals surface area contributed by atoms with E-state index in [-0.39, 0.29) is 36.6 Å². The van der Waals surface area contributed by atoms with E-state index in [2.05, 4.69) is 15.5 Å². The molecule has 3 rings (SSSR count). The molecule has 8 nitrogen and oxygen atoms in total. The van der Waals surface area contributed by atoms with E-state index in [4.69, 9.17) is 9.63 Å². The van der Waals surface area contributed by atoms with Crippen molar-refractivity contribution in [1.82, 2.24) is 20.4 Å². The maximum atomic E-state index is 13.1.